The van der Waals surface area contributed by atoms with Gasteiger partial charge in [-0.1, -0.05) is 24.6 Å². The van der Waals surface area contributed by atoms with E-state index in [1.165, 1.54) is 17.0 Å². The molecule has 1 saturated heterocycles. The van der Waals surface area contributed by atoms with Crippen molar-refractivity contribution >= 4 is 45.8 Å². The standard InChI is InChI=1S/C22H15ClF3N3O3/c1-12-11-21(12)19(30)28(13-5-7-14(8-6-13)32-22(24,25)26)20(31)29(21)17-9-10-27-16-4-2-3-15(23)18(16)17/h2-10,12H,11H2,1H3. The number of hydrogen-bond donors (Lipinski definition) is 0. The van der Waals surface area contributed by atoms with Crippen LogP contribution >= 0.6 is 11.6 Å². The lowest BCUT2D eigenvalue weighted by atomic mass is 10.1. The highest BCUT2D eigenvalue weighted by Gasteiger charge is 2.70. The number of anilines is 2. The number of fused-ring (bicyclic) bond motifs is 1. The van der Waals surface area contributed by atoms with Crippen LogP contribution in [0.15, 0.2) is 54.7 Å². The molecule has 0 N–H and O–H groups in total. The topological polar surface area (TPSA) is 62.7 Å². The van der Waals surface area contributed by atoms with Gasteiger partial charge in [-0.2, -0.15) is 0 Å². The summed E-state index contributed by atoms with van der Waals surface area (Å²) < 4.78 is 41.2. The number of hydrogen-bond acceptors (Lipinski definition) is 4. The van der Waals surface area contributed by atoms with E-state index in [-0.39, 0.29) is 11.6 Å². The van der Waals surface area contributed by atoms with E-state index < -0.39 is 29.6 Å². The molecule has 10 heteroatoms. The Kier molecular flexibility index (Phi) is 4.39. The number of pyridine rings is 1. The van der Waals surface area contributed by atoms with Crippen LogP contribution in [0.5, 0.6) is 5.75 Å². The normalized spacial score (nSPS) is 22.8. The summed E-state index contributed by atoms with van der Waals surface area (Å²) in [5.74, 6) is -0.988. The Morgan fingerprint density at radius 2 is 1.81 bits per heavy atom. The predicted molar refractivity (Wildman–Crippen MR) is 112 cm³/mol. The number of rotatable bonds is 3. The molecule has 1 aliphatic heterocycles. The lowest BCUT2D eigenvalue weighted by Gasteiger charge is -2.24. The highest BCUT2D eigenvalue weighted by Crippen LogP contribution is 2.56. The molecule has 2 atom stereocenters. The van der Waals surface area contributed by atoms with Gasteiger partial charge in [0.2, 0.25) is 0 Å². The third-order valence-corrected chi connectivity index (χ3v) is 6.21. The van der Waals surface area contributed by atoms with Crippen molar-refractivity contribution < 1.29 is 27.5 Å². The minimum absolute atomic E-state index is 0.109. The van der Waals surface area contributed by atoms with Crippen molar-refractivity contribution in [3.05, 3.63) is 59.8 Å². The fraction of sp³-hybridized carbons (Fsp3) is 0.227. The zero-order chi connectivity index (χ0) is 22.8. The fourth-order valence-electron chi connectivity index (χ4n) is 4.34. The molecule has 1 aliphatic carbocycles. The van der Waals surface area contributed by atoms with Gasteiger partial charge in [-0.05, 0) is 54.8 Å². The first-order valence-electron chi connectivity index (χ1n) is 9.71. The molecule has 2 aromatic carbocycles. The van der Waals surface area contributed by atoms with Gasteiger partial charge in [0.25, 0.3) is 5.91 Å². The molecule has 32 heavy (non-hydrogen) atoms. The van der Waals surface area contributed by atoms with Crippen LogP contribution in [0.25, 0.3) is 10.9 Å². The van der Waals surface area contributed by atoms with E-state index >= 15 is 0 Å². The van der Waals surface area contributed by atoms with Crippen LogP contribution in [-0.2, 0) is 4.79 Å². The van der Waals surface area contributed by atoms with Gasteiger partial charge in [-0.15, -0.1) is 13.2 Å². The Bertz CT molecular complexity index is 1260. The number of imide groups is 1. The highest BCUT2D eigenvalue weighted by atomic mass is 35.5. The molecule has 2 fully saturated rings. The number of alkyl halides is 3. The summed E-state index contributed by atoms with van der Waals surface area (Å²) in [4.78, 5) is 33.7. The van der Waals surface area contributed by atoms with Crippen LogP contribution in [-0.4, -0.2) is 28.8 Å². The lowest BCUT2D eigenvalue weighted by molar-refractivity contribution is -0.274. The number of benzene rings is 2. The molecule has 164 valence electrons. The number of amides is 3. The van der Waals surface area contributed by atoms with Crippen molar-refractivity contribution in [3.8, 4) is 5.75 Å². The summed E-state index contributed by atoms with van der Waals surface area (Å²) in [6.45, 7) is 1.87. The fourth-order valence-corrected chi connectivity index (χ4v) is 4.61. The summed E-state index contributed by atoms with van der Waals surface area (Å²) in [5.41, 5.74) is 0.111. The molecule has 1 saturated carbocycles. The van der Waals surface area contributed by atoms with Gasteiger partial charge in [-0.3, -0.25) is 14.7 Å². The summed E-state index contributed by atoms with van der Waals surface area (Å²) in [5, 5.41) is 0.938. The molecule has 3 amide bonds. The van der Waals surface area contributed by atoms with Gasteiger partial charge in [0, 0.05) is 11.6 Å². The molecule has 1 spiro atoms. The average Bonchev–Trinajstić information content (AvgIpc) is 3.34. The molecule has 0 bridgehead atoms. The van der Waals surface area contributed by atoms with Crippen molar-refractivity contribution in [3.63, 3.8) is 0 Å². The quantitative estimate of drug-likeness (QED) is 0.480. The molecule has 3 aromatic rings. The van der Waals surface area contributed by atoms with Gasteiger partial charge in [0.15, 0.2) is 0 Å². The summed E-state index contributed by atoms with van der Waals surface area (Å²) in [6, 6.07) is 10.8. The van der Waals surface area contributed by atoms with E-state index in [1.807, 2.05) is 6.92 Å². The van der Waals surface area contributed by atoms with Gasteiger partial charge < -0.3 is 4.74 Å². The third kappa shape index (κ3) is 2.99. The number of urea groups is 1. The zero-order valence-electron chi connectivity index (χ0n) is 16.6. The van der Waals surface area contributed by atoms with E-state index in [9.17, 15) is 22.8 Å². The van der Waals surface area contributed by atoms with Crippen LogP contribution in [0.1, 0.15) is 13.3 Å². The number of carbonyl (C=O) groups excluding carboxylic acids is 2. The Balaban J connectivity index is 1.59. The molecule has 2 heterocycles. The largest absolute Gasteiger partial charge is 0.573 e. The van der Waals surface area contributed by atoms with E-state index in [0.29, 0.717) is 28.0 Å². The SMILES string of the molecule is CC1CC12C(=O)N(c1ccc(OC(F)(F)F)cc1)C(=O)N2c1ccnc2cccc(Cl)c12. The lowest BCUT2D eigenvalue weighted by Crippen LogP contribution is -2.39. The summed E-state index contributed by atoms with van der Waals surface area (Å²) in [6.07, 6.45) is -2.84. The Morgan fingerprint density at radius 3 is 2.44 bits per heavy atom. The van der Waals surface area contributed by atoms with Gasteiger partial charge in [-0.25, -0.2) is 9.69 Å². The van der Waals surface area contributed by atoms with Crippen LogP contribution in [0.3, 0.4) is 0 Å². The van der Waals surface area contributed by atoms with E-state index in [0.717, 1.165) is 17.0 Å². The first-order valence-corrected chi connectivity index (χ1v) is 10.1. The summed E-state index contributed by atoms with van der Waals surface area (Å²) >= 11 is 6.42. The van der Waals surface area contributed by atoms with Gasteiger partial charge in [0.05, 0.1) is 21.9 Å². The van der Waals surface area contributed by atoms with Crippen molar-refractivity contribution in [2.45, 2.75) is 25.2 Å². The zero-order valence-corrected chi connectivity index (χ0v) is 17.3. The van der Waals surface area contributed by atoms with Gasteiger partial charge >= 0.3 is 12.4 Å². The molecular formula is C22H15ClF3N3O3. The molecule has 1 aromatic heterocycles. The molecule has 2 aliphatic rings. The minimum atomic E-state index is -4.84. The second-order valence-electron chi connectivity index (χ2n) is 7.79. The number of carbonyl (C=O) groups is 2. The molecule has 5 rings (SSSR count). The van der Waals surface area contributed by atoms with Crippen LogP contribution < -0.4 is 14.5 Å². The van der Waals surface area contributed by atoms with Crippen molar-refractivity contribution in [2.24, 2.45) is 5.92 Å². The van der Waals surface area contributed by atoms with Crippen molar-refractivity contribution in [1.29, 1.82) is 0 Å². The molecule has 2 unspecified atom stereocenters. The number of aromatic nitrogens is 1. The maximum absolute atomic E-state index is 13.5. The molecule has 6 nitrogen and oxygen atoms in total. The first kappa shape index (κ1) is 20.6. The van der Waals surface area contributed by atoms with Crippen molar-refractivity contribution in [2.75, 3.05) is 9.80 Å². The number of nitrogens with zero attached hydrogens (tertiary/aromatic N) is 3. The van der Waals surface area contributed by atoms with Crippen molar-refractivity contribution in [1.82, 2.24) is 4.98 Å². The second-order valence-corrected chi connectivity index (χ2v) is 8.20. The monoisotopic (exact) mass is 461 g/mol. The van der Waals surface area contributed by atoms with E-state index in [1.54, 1.807) is 30.5 Å². The smallest absolute Gasteiger partial charge is 0.406 e. The number of halogens is 4. The maximum atomic E-state index is 13.5. The van der Waals surface area contributed by atoms with E-state index in [2.05, 4.69) is 9.72 Å². The Morgan fingerprint density at radius 1 is 1.12 bits per heavy atom. The van der Waals surface area contributed by atoms with Crippen LogP contribution in [0.2, 0.25) is 5.02 Å². The van der Waals surface area contributed by atoms with E-state index in [4.69, 9.17) is 11.6 Å². The maximum Gasteiger partial charge on any atom is 0.573 e. The minimum Gasteiger partial charge on any atom is -0.406 e. The third-order valence-electron chi connectivity index (χ3n) is 5.89. The summed E-state index contributed by atoms with van der Waals surface area (Å²) in [7, 11) is 0. The average molecular weight is 462 g/mol. The number of ether oxygens (including phenoxy) is 1. The van der Waals surface area contributed by atoms with Crippen LogP contribution in [0, 0.1) is 5.92 Å². The Labute approximate surface area is 185 Å². The highest BCUT2D eigenvalue weighted by molar-refractivity contribution is 6.38. The molecular weight excluding hydrogens is 447 g/mol. The van der Waals surface area contributed by atoms with Crippen LogP contribution in [0.4, 0.5) is 29.3 Å². The van der Waals surface area contributed by atoms with Gasteiger partial charge in [0.1, 0.15) is 11.3 Å². The first-order chi connectivity index (χ1) is 15.1. The Hall–Kier alpha value is -3.33. The predicted octanol–water partition coefficient (Wildman–Crippen LogP) is 5.54. The second kappa shape index (κ2) is 6.83. The molecule has 0 radical (unpaired) electrons.